The molecule has 2 aromatic carbocycles. The second-order valence-electron chi connectivity index (χ2n) is 6.21. The fourth-order valence-electron chi connectivity index (χ4n) is 2.50. The lowest BCUT2D eigenvalue weighted by Crippen LogP contribution is -2.22. The van der Waals surface area contributed by atoms with Gasteiger partial charge >= 0.3 is 0 Å². The van der Waals surface area contributed by atoms with Crippen molar-refractivity contribution in [2.45, 2.75) is 30.7 Å². The molecule has 144 valence electrons. The van der Waals surface area contributed by atoms with Crippen LogP contribution in [0, 0.1) is 0 Å². The Morgan fingerprint density at radius 2 is 1.82 bits per heavy atom. The number of carbonyl (C=O) groups is 2. The number of aryl methyl sites for hydroxylation is 1. The maximum absolute atomic E-state index is 12.4. The zero-order chi connectivity index (χ0) is 20.1. The Morgan fingerprint density at radius 1 is 1.14 bits per heavy atom. The van der Waals surface area contributed by atoms with Crippen molar-refractivity contribution in [2.75, 3.05) is 5.32 Å². The number of nitrogens with two attached hydrogens (primary N) is 1. The summed E-state index contributed by atoms with van der Waals surface area (Å²) in [5.74, 6) is -0.0261. The standard InChI is InChI=1S/C20H21N5O2S/c1-3-13-4-6-15(7-5-13)18-23-20(25-24-18)28-12(2)19(27)22-16-10-8-14(9-11-16)17(21)26/h4-12H,3H2,1-2H3,(H2,21,26)(H,22,27)(H,23,24,25)/t12-/m1/s1. The van der Waals surface area contributed by atoms with Gasteiger partial charge in [0, 0.05) is 16.8 Å². The molecular formula is C20H21N5O2S. The van der Waals surface area contributed by atoms with Crippen molar-refractivity contribution in [3.63, 3.8) is 0 Å². The molecule has 1 atom stereocenters. The average molecular weight is 395 g/mol. The third-order valence-electron chi connectivity index (χ3n) is 4.19. The van der Waals surface area contributed by atoms with E-state index >= 15 is 0 Å². The molecule has 0 aliphatic heterocycles. The highest BCUT2D eigenvalue weighted by Crippen LogP contribution is 2.24. The van der Waals surface area contributed by atoms with Crippen molar-refractivity contribution >= 4 is 29.3 Å². The van der Waals surface area contributed by atoms with Gasteiger partial charge in [0.05, 0.1) is 5.25 Å². The van der Waals surface area contributed by atoms with Crippen LogP contribution >= 0.6 is 11.8 Å². The summed E-state index contributed by atoms with van der Waals surface area (Å²) < 4.78 is 0. The van der Waals surface area contributed by atoms with Crippen LogP contribution in [0.2, 0.25) is 0 Å². The first-order chi connectivity index (χ1) is 13.5. The number of hydrogen-bond donors (Lipinski definition) is 3. The molecule has 3 rings (SSSR count). The molecule has 1 heterocycles. The SMILES string of the molecule is CCc1ccc(-c2nc(S[C@H](C)C(=O)Nc3ccc(C(N)=O)cc3)n[nH]2)cc1. The van der Waals surface area contributed by atoms with E-state index in [1.165, 1.54) is 17.3 Å². The van der Waals surface area contributed by atoms with Crippen LogP contribution in [-0.4, -0.2) is 32.2 Å². The van der Waals surface area contributed by atoms with E-state index in [9.17, 15) is 9.59 Å². The van der Waals surface area contributed by atoms with Crippen molar-refractivity contribution in [1.82, 2.24) is 15.2 Å². The van der Waals surface area contributed by atoms with Gasteiger partial charge in [-0.1, -0.05) is 43.0 Å². The number of hydrogen-bond acceptors (Lipinski definition) is 5. The zero-order valence-corrected chi connectivity index (χ0v) is 16.4. The third-order valence-corrected chi connectivity index (χ3v) is 5.15. The number of primary amides is 1. The Balaban J connectivity index is 1.60. The van der Waals surface area contributed by atoms with Crippen molar-refractivity contribution in [2.24, 2.45) is 5.73 Å². The largest absolute Gasteiger partial charge is 0.366 e. The minimum Gasteiger partial charge on any atom is -0.366 e. The first kappa shape index (κ1) is 19.6. The summed E-state index contributed by atoms with van der Waals surface area (Å²) in [4.78, 5) is 28.0. The van der Waals surface area contributed by atoms with E-state index in [1.54, 1.807) is 31.2 Å². The fourth-order valence-corrected chi connectivity index (χ4v) is 3.22. The van der Waals surface area contributed by atoms with Crippen molar-refractivity contribution in [3.05, 3.63) is 59.7 Å². The molecule has 8 heteroatoms. The Morgan fingerprint density at radius 3 is 2.43 bits per heavy atom. The highest BCUT2D eigenvalue weighted by molar-refractivity contribution is 8.00. The van der Waals surface area contributed by atoms with Crippen LogP contribution in [0.5, 0.6) is 0 Å². The smallest absolute Gasteiger partial charge is 0.248 e. The summed E-state index contributed by atoms with van der Waals surface area (Å²) in [6.07, 6.45) is 0.982. The summed E-state index contributed by atoms with van der Waals surface area (Å²) in [5, 5.41) is 10.0. The molecule has 3 aromatic rings. The summed E-state index contributed by atoms with van der Waals surface area (Å²) in [7, 11) is 0. The van der Waals surface area contributed by atoms with Crippen LogP contribution in [0.4, 0.5) is 5.69 Å². The molecule has 0 fully saturated rings. The molecule has 0 bridgehead atoms. The van der Waals surface area contributed by atoms with Gasteiger partial charge in [0.25, 0.3) is 0 Å². The predicted molar refractivity (Wildman–Crippen MR) is 110 cm³/mol. The quantitative estimate of drug-likeness (QED) is 0.531. The van der Waals surface area contributed by atoms with Crippen LogP contribution in [0.1, 0.15) is 29.8 Å². The monoisotopic (exact) mass is 395 g/mol. The molecule has 4 N–H and O–H groups in total. The normalized spacial score (nSPS) is 11.8. The fraction of sp³-hybridized carbons (Fsp3) is 0.200. The minimum absolute atomic E-state index is 0.185. The second-order valence-corrected chi connectivity index (χ2v) is 7.52. The first-order valence-corrected chi connectivity index (χ1v) is 9.73. The van der Waals surface area contributed by atoms with Crippen LogP contribution in [0.3, 0.4) is 0 Å². The molecule has 28 heavy (non-hydrogen) atoms. The lowest BCUT2D eigenvalue weighted by atomic mass is 10.1. The Bertz CT molecular complexity index is 967. The lowest BCUT2D eigenvalue weighted by molar-refractivity contribution is -0.115. The van der Waals surface area contributed by atoms with Crippen molar-refractivity contribution < 1.29 is 9.59 Å². The van der Waals surface area contributed by atoms with Gasteiger partial charge in [-0.3, -0.25) is 14.7 Å². The van der Waals surface area contributed by atoms with E-state index in [2.05, 4.69) is 39.6 Å². The Hall–Kier alpha value is -3.13. The summed E-state index contributed by atoms with van der Waals surface area (Å²) in [6.45, 7) is 3.89. The van der Waals surface area contributed by atoms with Gasteiger partial charge < -0.3 is 11.1 Å². The van der Waals surface area contributed by atoms with Crippen LogP contribution in [0.25, 0.3) is 11.4 Å². The van der Waals surface area contributed by atoms with Crippen LogP contribution in [0.15, 0.2) is 53.7 Å². The summed E-state index contributed by atoms with van der Waals surface area (Å²) in [5.41, 5.74) is 8.40. The van der Waals surface area contributed by atoms with E-state index in [-0.39, 0.29) is 5.91 Å². The number of nitrogens with zero attached hydrogens (tertiary/aromatic N) is 2. The molecule has 0 radical (unpaired) electrons. The predicted octanol–water partition coefficient (Wildman–Crippen LogP) is 3.25. The summed E-state index contributed by atoms with van der Waals surface area (Å²) in [6, 6.07) is 14.5. The van der Waals surface area contributed by atoms with Crippen molar-refractivity contribution in [3.8, 4) is 11.4 Å². The van der Waals surface area contributed by atoms with Gasteiger partial charge in [0.2, 0.25) is 17.0 Å². The number of thioether (sulfide) groups is 1. The number of anilines is 1. The molecule has 0 aliphatic carbocycles. The third kappa shape index (κ3) is 4.77. The molecule has 0 aliphatic rings. The number of nitrogens with one attached hydrogen (secondary N) is 2. The first-order valence-electron chi connectivity index (χ1n) is 8.85. The van der Waals surface area contributed by atoms with Gasteiger partial charge in [0.1, 0.15) is 0 Å². The van der Waals surface area contributed by atoms with Gasteiger partial charge in [-0.15, -0.1) is 5.10 Å². The highest BCUT2D eigenvalue weighted by Gasteiger charge is 2.18. The lowest BCUT2D eigenvalue weighted by Gasteiger charge is -2.10. The molecule has 1 aromatic heterocycles. The van der Waals surface area contributed by atoms with Gasteiger partial charge in [0.15, 0.2) is 5.82 Å². The molecule has 0 spiro atoms. The van der Waals surface area contributed by atoms with E-state index in [0.717, 1.165) is 12.0 Å². The highest BCUT2D eigenvalue weighted by atomic mass is 32.2. The van der Waals surface area contributed by atoms with Crippen LogP contribution < -0.4 is 11.1 Å². The maximum Gasteiger partial charge on any atom is 0.248 e. The molecule has 2 amide bonds. The van der Waals surface area contributed by atoms with E-state index in [0.29, 0.717) is 22.2 Å². The minimum atomic E-state index is -0.508. The Kier molecular flexibility index (Phi) is 6.10. The number of aromatic amines is 1. The molecule has 7 nitrogen and oxygen atoms in total. The Labute approximate surface area is 167 Å². The molecular weight excluding hydrogens is 374 g/mol. The number of carbonyl (C=O) groups excluding carboxylic acids is 2. The average Bonchev–Trinajstić information content (AvgIpc) is 3.17. The van der Waals surface area contributed by atoms with Gasteiger partial charge in [-0.25, -0.2) is 4.98 Å². The zero-order valence-electron chi connectivity index (χ0n) is 15.6. The number of aromatic nitrogens is 3. The van der Waals surface area contributed by atoms with E-state index in [1.807, 2.05) is 12.1 Å². The second kappa shape index (κ2) is 8.71. The van der Waals surface area contributed by atoms with Crippen LogP contribution in [-0.2, 0) is 11.2 Å². The number of H-pyrrole nitrogens is 1. The van der Waals surface area contributed by atoms with Gasteiger partial charge in [-0.2, -0.15) is 0 Å². The van der Waals surface area contributed by atoms with Gasteiger partial charge in [-0.05, 0) is 43.2 Å². The molecule has 0 unspecified atom stereocenters. The summed E-state index contributed by atoms with van der Waals surface area (Å²) >= 11 is 1.26. The molecule has 0 saturated carbocycles. The molecule has 0 saturated heterocycles. The number of rotatable bonds is 7. The topological polar surface area (TPSA) is 114 Å². The van der Waals surface area contributed by atoms with E-state index < -0.39 is 11.2 Å². The number of benzene rings is 2. The van der Waals surface area contributed by atoms with Crippen molar-refractivity contribution in [1.29, 1.82) is 0 Å². The maximum atomic E-state index is 12.4. The number of amides is 2. The van der Waals surface area contributed by atoms with E-state index in [4.69, 9.17) is 5.73 Å².